The summed E-state index contributed by atoms with van der Waals surface area (Å²) < 4.78 is 5.37. The highest BCUT2D eigenvalue weighted by Gasteiger charge is 2.17. The van der Waals surface area contributed by atoms with Crippen LogP contribution in [-0.2, 0) is 11.2 Å². The van der Waals surface area contributed by atoms with Crippen LogP contribution in [0.2, 0.25) is 0 Å². The Bertz CT molecular complexity index is 314. The van der Waals surface area contributed by atoms with E-state index in [0.29, 0.717) is 12.1 Å². The summed E-state index contributed by atoms with van der Waals surface area (Å²) in [6, 6.07) is 9.84. The first kappa shape index (κ1) is 11.6. The average Bonchev–Trinajstić information content (AvgIpc) is 2.82. The summed E-state index contributed by atoms with van der Waals surface area (Å²) in [5.74, 6) is 0. The topological polar surface area (TPSA) is 21.3 Å². The van der Waals surface area contributed by atoms with Crippen LogP contribution in [-0.4, -0.2) is 19.3 Å². The molecule has 2 heteroatoms. The van der Waals surface area contributed by atoms with E-state index in [1.54, 1.807) is 0 Å². The monoisotopic (exact) mass is 219 g/mol. The summed E-state index contributed by atoms with van der Waals surface area (Å²) in [5, 5.41) is 3.61. The van der Waals surface area contributed by atoms with Gasteiger partial charge in [0.15, 0.2) is 0 Å². The van der Waals surface area contributed by atoms with E-state index in [-0.39, 0.29) is 0 Å². The van der Waals surface area contributed by atoms with Crippen LogP contribution < -0.4 is 5.32 Å². The zero-order valence-electron chi connectivity index (χ0n) is 10.2. The molecule has 0 saturated carbocycles. The molecular weight excluding hydrogens is 198 g/mol. The third-order valence-corrected chi connectivity index (χ3v) is 3.30. The number of benzene rings is 1. The lowest BCUT2D eigenvalue weighted by atomic mass is 10.0. The fraction of sp³-hybridized carbons (Fsp3) is 0.571. The number of ether oxygens (including phenoxy) is 1. The highest BCUT2D eigenvalue weighted by molar-refractivity contribution is 5.24. The zero-order chi connectivity index (χ0) is 11.4. The second-order valence-electron chi connectivity index (χ2n) is 4.54. The Morgan fingerprint density at radius 1 is 1.38 bits per heavy atom. The van der Waals surface area contributed by atoms with Gasteiger partial charge in [0.1, 0.15) is 0 Å². The summed E-state index contributed by atoms with van der Waals surface area (Å²) >= 11 is 0. The molecule has 1 saturated heterocycles. The molecule has 0 unspecified atom stereocenters. The van der Waals surface area contributed by atoms with Crippen molar-refractivity contribution in [3.8, 4) is 0 Å². The highest BCUT2D eigenvalue weighted by atomic mass is 16.5. The maximum absolute atomic E-state index is 5.37. The molecule has 0 radical (unpaired) electrons. The van der Waals surface area contributed by atoms with Gasteiger partial charge in [0.05, 0.1) is 6.61 Å². The molecule has 2 rings (SSSR count). The van der Waals surface area contributed by atoms with Crippen LogP contribution in [0.1, 0.15) is 37.4 Å². The summed E-state index contributed by atoms with van der Waals surface area (Å²) in [5.41, 5.74) is 2.77. The highest BCUT2D eigenvalue weighted by Crippen LogP contribution is 2.16. The van der Waals surface area contributed by atoms with Crippen LogP contribution in [0.5, 0.6) is 0 Å². The lowest BCUT2D eigenvalue weighted by Gasteiger charge is -2.18. The Morgan fingerprint density at radius 2 is 2.12 bits per heavy atom. The third kappa shape index (κ3) is 2.83. The summed E-state index contributed by atoms with van der Waals surface area (Å²) in [6.07, 6.45) is 2.25. The van der Waals surface area contributed by atoms with E-state index in [0.717, 1.165) is 26.1 Å². The van der Waals surface area contributed by atoms with E-state index < -0.39 is 0 Å². The molecule has 16 heavy (non-hydrogen) atoms. The number of hydrogen-bond acceptors (Lipinski definition) is 2. The first-order valence-electron chi connectivity index (χ1n) is 6.22. The molecule has 1 fully saturated rings. The molecule has 0 spiro atoms. The van der Waals surface area contributed by atoms with Gasteiger partial charge >= 0.3 is 0 Å². The molecule has 1 aromatic rings. The van der Waals surface area contributed by atoms with Crippen molar-refractivity contribution < 1.29 is 4.74 Å². The largest absolute Gasteiger partial charge is 0.380 e. The first-order chi connectivity index (χ1) is 7.79. The fourth-order valence-corrected chi connectivity index (χ4v) is 2.16. The lowest BCUT2D eigenvalue weighted by Crippen LogP contribution is -2.31. The van der Waals surface area contributed by atoms with Crippen molar-refractivity contribution in [1.29, 1.82) is 0 Å². The summed E-state index contributed by atoms with van der Waals surface area (Å²) in [7, 11) is 0. The van der Waals surface area contributed by atoms with Crippen molar-refractivity contribution in [3.05, 3.63) is 35.4 Å². The molecule has 2 atom stereocenters. The minimum Gasteiger partial charge on any atom is -0.380 e. The molecule has 1 aromatic carbocycles. The van der Waals surface area contributed by atoms with Crippen molar-refractivity contribution in [3.63, 3.8) is 0 Å². The molecule has 1 N–H and O–H groups in total. The van der Waals surface area contributed by atoms with Gasteiger partial charge < -0.3 is 10.1 Å². The van der Waals surface area contributed by atoms with Crippen LogP contribution in [0.4, 0.5) is 0 Å². The van der Waals surface area contributed by atoms with Gasteiger partial charge in [0.2, 0.25) is 0 Å². The van der Waals surface area contributed by atoms with E-state index >= 15 is 0 Å². The zero-order valence-corrected chi connectivity index (χ0v) is 10.2. The minimum absolute atomic E-state index is 0.414. The standard InChI is InChI=1S/C14H21NO/c1-3-12-4-6-13(7-5-12)11(2)15-14-8-9-16-10-14/h4-7,11,14-15H,3,8-10H2,1-2H3/t11-,14-/m1/s1. The molecule has 1 heterocycles. The lowest BCUT2D eigenvalue weighted by molar-refractivity contribution is 0.188. The molecule has 88 valence electrons. The molecule has 0 aliphatic carbocycles. The Hall–Kier alpha value is -0.860. The molecule has 0 amide bonds. The predicted molar refractivity (Wildman–Crippen MR) is 66.6 cm³/mol. The van der Waals surface area contributed by atoms with Crippen LogP contribution in [0.15, 0.2) is 24.3 Å². The molecular formula is C14H21NO. The molecule has 1 aliphatic rings. The Balaban J connectivity index is 1.94. The smallest absolute Gasteiger partial charge is 0.0620 e. The van der Waals surface area contributed by atoms with E-state index in [1.807, 2.05) is 0 Å². The van der Waals surface area contributed by atoms with Gasteiger partial charge in [-0.1, -0.05) is 31.2 Å². The average molecular weight is 219 g/mol. The van der Waals surface area contributed by atoms with Gasteiger partial charge in [0.25, 0.3) is 0 Å². The van der Waals surface area contributed by atoms with Crippen LogP contribution in [0.3, 0.4) is 0 Å². The number of aryl methyl sites for hydroxylation is 1. The predicted octanol–water partition coefficient (Wildman–Crippen LogP) is 2.69. The van der Waals surface area contributed by atoms with E-state index in [4.69, 9.17) is 4.74 Å². The summed E-state index contributed by atoms with van der Waals surface area (Å²) in [4.78, 5) is 0. The Labute approximate surface area is 98.0 Å². The quantitative estimate of drug-likeness (QED) is 0.840. The SMILES string of the molecule is CCc1ccc([C@@H](C)N[C@@H]2CCOC2)cc1. The Morgan fingerprint density at radius 3 is 2.69 bits per heavy atom. The van der Waals surface area contributed by atoms with Crippen molar-refractivity contribution in [2.45, 2.75) is 38.8 Å². The van der Waals surface area contributed by atoms with Crippen LogP contribution >= 0.6 is 0 Å². The first-order valence-corrected chi connectivity index (χ1v) is 6.22. The maximum atomic E-state index is 5.37. The van der Waals surface area contributed by atoms with Crippen molar-refractivity contribution in [2.75, 3.05) is 13.2 Å². The van der Waals surface area contributed by atoms with Gasteiger partial charge in [-0.3, -0.25) is 0 Å². The number of rotatable bonds is 4. The van der Waals surface area contributed by atoms with E-state index in [1.165, 1.54) is 11.1 Å². The van der Waals surface area contributed by atoms with Gasteiger partial charge in [-0.2, -0.15) is 0 Å². The van der Waals surface area contributed by atoms with Gasteiger partial charge in [-0.05, 0) is 30.9 Å². The number of nitrogens with one attached hydrogen (secondary N) is 1. The Kier molecular flexibility index (Phi) is 3.97. The normalized spacial score (nSPS) is 22.2. The van der Waals surface area contributed by atoms with Crippen molar-refractivity contribution in [1.82, 2.24) is 5.32 Å². The molecule has 0 bridgehead atoms. The van der Waals surface area contributed by atoms with Gasteiger partial charge in [0, 0.05) is 18.7 Å². The fourth-order valence-electron chi connectivity index (χ4n) is 2.16. The maximum Gasteiger partial charge on any atom is 0.0620 e. The minimum atomic E-state index is 0.414. The van der Waals surface area contributed by atoms with Crippen LogP contribution in [0, 0.1) is 0 Å². The van der Waals surface area contributed by atoms with E-state index in [2.05, 4.69) is 43.4 Å². The summed E-state index contributed by atoms with van der Waals surface area (Å²) in [6.45, 7) is 6.17. The van der Waals surface area contributed by atoms with Gasteiger partial charge in [-0.25, -0.2) is 0 Å². The van der Waals surface area contributed by atoms with Crippen LogP contribution in [0.25, 0.3) is 0 Å². The molecule has 0 aromatic heterocycles. The molecule has 2 nitrogen and oxygen atoms in total. The molecule has 1 aliphatic heterocycles. The second kappa shape index (κ2) is 5.46. The van der Waals surface area contributed by atoms with Gasteiger partial charge in [-0.15, -0.1) is 0 Å². The third-order valence-electron chi connectivity index (χ3n) is 3.30. The van der Waals surface area contributed by atoms with Crippen molar-refractivity contribution >= 4 is 0 Å². The van der Waals surface area contributed by atoms with Crippen molar-refractivity contribution in [2.24, 2.45) is 0 Å². The second-order valence-corrected chi connectivity index (χ2v) is 4.54. The van der Waals surface area contributed by atoms with E-state index in [9.17, 15) is 0 Å². The number of hydrogen-bond donors (Lipinski definition) is 1.